The second-order valence-electron chi connectivity index (χ2n) is 4.91. The molecule has 2 heterocycles. The van der Waals surface area contributed by atoms with E-state index in [9.17, 15) is 4.21 Å². The summed E-state index contributed by atoms with van der Waals surface area (Å²) in [6, 6.07) is 0.626. The van der Waals surface area contributed by atoms with E-state index in [1.54, 1.807) is 0 Å². The Labute approximate surface area is 99.4 Å². The van der Waals surface area contributed by atoms with Crippen LogP contribution in [0.1, 0.15) is 32.6 Å². The average molecular weight is 247 g/mol. The summed E-state index contributed by atoms with van der Waals surface area (Å²) in [5.41, 5.74) is 0. The average Bonchev–Trinajstić information content (AvgIpc) is 2.65. The highest BCUT2D eigenvalue weighted by molar-refractivity contribution is 8.00. The van der Waals surface area contributed by atoms with Gasteiger partial charge in [-0.15, -0.1) is 0 Å². The number of hydrogen-bond donors (Lipinski definition) is 1. The number of hydrogen-bond acceptors (Lipinski definition) is 3. The first-order chi connectivity index (χ1) is 7.18. The van der Waals surface area contributed by atoms with Crippen LogP contribution in [0.25, 0.3) is 0 Å². The molecule has 1 N–H and O–H groups in total. The van der Waals surface area contributed by atoms with Crippen LogP contribution in [0.15, 0.2) is 0 Å². The molecule has 88 valence electrons. The van der Waals surface area contributed by atoms with Crippen LogP contribution in [-0.2, 0) is 10.8 Å². The molecule has 0 aromatic heterocycles. The predicted molar refractivity (Wildman–Crippen MR) is 69.0 cm³/mol. The van der Waals surface area contributed by atoms with Gasteiger partial charge in [-0.25, -0.2) is 0 Å². The van der Waals surface area contributed by atoms with Crippen molar-refractivity contribution < 1.29 is 4.21 Å². The van der Waals surface area contributed by atoms with E-state index in [2.05, 4.69) is 24.0 Å². The molecule has 2 aliphatic rings. The molecule has 0 radical (unpaired) electrons. The van der Waals surface area contributed by atoms with E-state index in [1.807, 2.05) is 0 Å². The van der Waals surface area contributed by atoms with Gasteiger partial charge in [0, 0.05) is 39.6 Å². The van der Waals surface area contributed by atoms with Gasteiger partial charge in [-0.05, 0) is 38.4 Å². The van der Waals surface area contributed by atoms with Crippen LogP contribution in [-0.4, -0.2) is 38.8 Å². The molecule has 0 spiro atoms. The van der Waals surface area contributed by atoms with Crippen LogP contribution in [0.3, 0.4) is 0 Å². The van der Waals surface area contributed by atoms with Gasteiger partial charge in [-0.1, -0.05) is 0 Å². The summed E-state index contributed by atoms with van der Waals surface area (Å²) in [5.74, 6) is 3.13. The lowest BCUT2D eigenvalue weighted by Gasteiger charge is -2.29. The summed E-state index contributed by atoms with van der Waals surface area (Å²) in [5, 5.41) is 3.67. The van der Waals surface area contributed by atoms with E-state index in [0.29, 0.717) is 10.8 Å². The third-order valence-corrected chi connectivity index (χ3v) is 6.37. The SMILES string of the molecule is CC1(CNC2CCS(=O)CC2)CCCS1. The van der Waals surface area contributed by atoms with Crippen molar-refractivity contribution in [2.24, 2.45) is 0 Å². The molecule has 2 nitrogen and oxygen atoms in total. The Morgan fingerprint density at radius 2 is 2.20 bits per heavy atom. The van der Waals surface area contributed by atoms with Crippen molar-refractivity contribution in [2.45, 2.75) is 43.4 Å². The van der Waals surface area contributed by atoms with Crippen molar-refractivity contribution in [2.75, 3.05) is 23.8 Å². The molecule has 0 aromatic rings. The van der Waals surface area contributed by atoms with E-state index >= 15 is 0 Å². The Balaban J connectivity index is 1.71. The summed E-state index contributed by atoms with van der Waals surface area (Å²) in [6.07, 6.45) is 4.93. The van der Waals surface area contributed by atoms with Crippen LogP contribution in [0.4, 0.5) is 0 Å². The van der Waals surface area contributed by atoms with Crippen LogP contribution in [0, 0.1) is 0 Å². The molecule has 4 heteroatoms. The first-order valence-electron chi connectivity index (χ1n) is 5.90. The molecule has 0 aromatic carbocycles. The maximum Gasteiger partial charge on any atom is 0.0256 e. The minimum absolute atomic E-state index is 0.469. The Morgan fingerprint density at radius 1 is 1.47 bits per heavy atom. The maximum atomic E-state index is 11.2. The summed E-state index contributed by atoms with van der Waals surface area (Å²) in [4.78, 5) is 0. The van der Waals surface area contributed by atoms with E-state index < -0.39 is 10.8 Å². The van der Waals surface area contributed by atoms with E-state index in [-0.39, 0.29) is 0 Å². The third kappa shape index (κ3) is 3.46. The molecule has 0 saturated carbocycles. The smallest absolute Gasteiger partial charge is 0.0256 e. The molecule has 0 bridgehead atoms. The minimum Gasteiger partial charge on any atom is -0.313 e. The van der Waals surface area contributed by atoms with Gasteiger partial charge in [0.2, 0.25) is 0 Å². The second-order valence-corrected chi connectivity index (χ2v) is 8.28. The van der Waals surface area contributed by atoms with Gasteiger partial charge in [0.25, 0.3) is 0 Å². The molecule has 2 saturated heterocycles. The van der Waals surface area contributed by atoms with Gasteiger partial charge in [0.05, 0.1) is 0 Å². The lowest BCUT2D eigenvalue weighted by molar-refractivity contribution is 0.437. The summed E-state index contributed by atoms with van der Waals surface area (Å²) < 4.78 is 11.7. The molecule has 2 aliphatic heterocycles. The lowest BCUT2D eigenvalue weighted by atomic mass is 10.0. The number of rotatable bonds is 3. The topological polar surface area (TPSA) is 29.1 Å². The predicted octanol–water partition coefficient (Wildman–Crippen LogP) is 1.77. The van der Waals surface area contributed by atoms with Gasteiger partial charge in [0.1, 0.15) is 0 Å². The maximum absolute atomic E-state index is 11.2. The van der Waals surface area contributed by atoms with Crippen molar-refractivity contribution >= 4 is 22.6 Å². The van der Waals surface area contributed by atoms with Gasteiger partial charge >= 0.3 is 0 Å². The highest BCUT2D eigenvalue weighted by Crippen LogP contribution is 2.37. The molecule has 0 aliphatic carbocycles. The zero-order chi connectivity index (χ0) is 10.7. The quantitative estimate of drug-likeness (QED) is 0.824. The Morgan fingerprint density at radius 3 is 2.80 bits per heavy atom. The second kappa shape index (κ2) is 5.19. The zero-order valence-electron chi connectivity index (χ0n) is 9.46. The molecule has 1 atom stereocenters. The fourth-order valence-electron chi connectivity index (χ4n) is 2.33. The van der Waals surface area contributed by atoms with Crippen molar-refractivity contribution in [3.05, 3.63) is 0 Å². The highest BCUT2D eigenvalue weighted by Gasteiger charge is 2.30. The van der Waals surface area contributed by atoms with E-state index in [4.69, 9.17) is 0 Å². The first kappa shape index (κ1) is 11.9. The largest absolute Gasteiger partial charge is 0.313 e. The van der Waals surface area contributed by atoms with Crippen molar-refractivity contribution in [3.63, 3.8) is 0 Å². The van der Waals surface area contributed by atoms with Gasteiger partial charge in [0.15, 0.2) is 0 Å². The lowest BCUT2D eigenvalue weighted by Crippen LogP contribution is -2.42. The van der Waals surface area contributed by atoms with Gasteiger partial charge < -0.3 is 5.32 Å². The molecule has 15 heavy (non-hydrogen) atoms. The van der Waals surface area contributed by atoms with Gasteiger partial charge in [-0.2, -0.15) is 11.8 Å². The van der Waals surface area contributed by atoms with E-state index in [0.717, 1.165) is 30.9 Å². The number of thioether (sulfide) groups is 1. The van der Waals surface area contributed by atoms with Crippen molar-refractivity contribution in [3.8, 4) is 0 Å². The zero-order valence-corrected chi connectivity index (χ0v) is 11.1. The summed E-state index contributed by atoms with van der Waals surface area (Å²) >= 11 is 2.11. The van der Waals surface area contributed by atoms with E-state index in [1.165, 1.54) is 18.6 Å². The molecule has 0 amide bonds. The summed E-state index contributed by atoms with van der Waals surface area (Å²) in [6.45, 7) is 3.51. The minimum atomic E-state index is -0.522. The normalized spacial score (nSPS) is 41.9. The Bertz CT molecular complexity index is 229. The van der Waals surface area contributed by atoms with Crippen molar-refractivity contribution in [1.82, 2.24) is 5.32 Å². The fraction of sp³-hybridized carbons (Fsp3) is 1.00. The molecule has 2 fully saturated rings. The first-order valence-corrected chi connectivity index (χ1v) is 8.38. The van der Waals surface area contributed by atoms with Crippen LogP contribution in [0.5, 0.6) is 0 Å². The molecule has 2 rings (SSSR count). The monoisotopic (exact) mass is 247 g/mol. The van der Waals surface area contributed by atoms with Gasteiger partial charge in [-0.3, -0.25) is 4.21 Å². The van der Waals surface area contributed by atoms with Crippen LogP contribution < -0.4 is 5.32 Å². The Hall–Kier alpha value is 0.460. The standard InChI is InChI=1S/C11H21NOS2/c1-11(5-2-6-14-11)9-12-10-3-7-15(13)8-4-10/h10,12H,2-9H2,1H3. The van der Waals surface area contributed by atoms with Crippen LogP contribution >= 0.6 is 11.8 Å². The fourth-order valence-corrected chi connectivity index (χ4v) is 4.89. The third-order valence-electron chi connectivity index (χ3n) is 3.45. The molecule has 1 unspecified atom stereocenters. The van der Waals surface area contributed by atoms with Crippen LogP contribution in [0.2, 0.25) is 0 Å². The number of nitrogens with one attached hydrogen (secondary N) is 1. The highest BCUT2D eigenvalue weighted by atomic mass is 32.2. The van der Waals surface area contributed by atoms with Crippen molar-refractivity contribution in [1.29, 1.82) is 0 Å². The summed E-state index contributed by atoms with van der Waals surface area (Å²) in [7, 11) is -0.522. The molecular formula is C11H21NOS2. The molecular weight excluding hydrogens is 226 g/mol. The Kier molecular flexibility index (Phi) is 4.13.